The molecular weight excluding hydrogens is 424 g/mol. The van der Waals surface area contributed by atoms with Gasteiger partial charge in [-0.15, -0.1) is 6.42 Å². The SMILES string of the molecule is C#CCOC(=O)NCCCCC(NC(=O)OCC1c2ccccc2-c2ccccc21)C(=O)O. The van der Waals surface area contributed by atoms with Gasteiger partial charge in [0.05, 0.1) is 0 Å². The molecule has 1 aliphatic carbocycles. The average molecular weight is 450 g/mol. The van der Waals surface area contributed by atoms with Crippen LogP contribution in [0.5, 0.6) is 0 Å². The lowest BCUT2D eigenvalue weighted by Gasteiger charge is -2.17. The van der Waals surface area contributed by atoms with Crippen LogP contribution in [0.3, 0.4) is 0 Å². The number of hydrogen-bond acceptors (Lipinski definition) is 5. The molecule has 0 saturated heterocycles. The van der Waals surface area contributed by atoms with Crippen molar-refractivity contribution >= 4 is 18.2 Å². The topological polar surface area (TPSA) is 114 Å². The van der Waals surface area contributed by atoms with Crippen molar-refractivity contribution in [2.75, 3.05) is 19.8 Å². The Hall–Kier alpha value is -3.99. The molecule has 0 fully saturated rings. The summed E-state index contributed by atoms with van der Waals surface area (Å²) in [5.41, 5.74) is 4.38. The quantitative estimate of drug-likeness (QED) is 0.377. The highest BCUT2D eigenvalue weighted by molar-refractivity contribution is 5.81. The summed E-state index contributed by atoms with van der Waals surface area (Å²) in [7, 11) is 0. The number of amides is 2. The highest BCUT2D eigenvalue weighted by atomic mass is 16.6. The van der Waals surface area contributed by atoms with E-state index in [2.05, 4.69) is 21.3 Å². The van der Waals surface area contributed by atoms with Crippen molar-refractivity contribution in [2.45, 2.75) is 31.2 Å². The fourth-order valence-corrected chi connectivity index (χ4v) is 3.86. The monoisotopic (exact) mass is 450 g/mol. The minimum Gasteiger partial charge on any atom is -0.480 e. The van der Waals surface area contributed by atoms with E-state index in [1.54, 1.807) is 0 Å². The molecule has 8 heteroatoms. The molecule has 1 aliphatic rings. The van der Waals surface area contributed by atoms with Gasteiger partial charge in [-0.1, -0.05) is 54.5 Å². The number of carbonyl (C=O) groups excluding carboxylic acids is 2. The summed E-state index contributed by atoms with van der Waals surface area (Å²) in [5.74, 6) is 0.930. The van der Waals surface area contributed by atoms with E-state index >= 15 is 0 Å². The number of terminal acetylenes is 1. The van der Waals surface area contributed by atoms with E-state index in [4.69, 9.17) is 11.2 Å². The number of unbranched alkanes of at least 4 members (excludes halogenated alkanes) is 1. The van der Waals surface area contributed by atoms with Crippen LogP contribution in [0.4, 0.5) is 9.59 Å². The number of carbonyl (C=O) groups is 3. The summed E-state index contributed by atoms with van der Waals surface area (Å²) in [6.07, 6.45) is 4.77. The molecule has 1 atom stereocenters. The van der Waals surface area contributed by atoms with Crippen molar-refractivity contribution in [1.82, 2.24) is 10.6 Å². The van der Waals surface area contributed by atoms with Crippen molar-refractivity contribution < 1.29 is 29.0 Å². The van der Waals surface area contributed by atoms with E-state index in [0.717, 1.165) is 22.3 Å². The molecule has 0 aliphatic heterocycles. The van der Waals surface area contributed by atoms with Crippen molar-refractivity contribution in [2.24, 2.45) is 0 Å². The first-order chi connectivity index (χ1) is 16.0. The number of hydrogen-bond donors (Lipinski definition) is 3. The molecule has 1 unspecified atom stereocenters. The molecule has 172 valence electrons. The standard InChI is InChI=1S/C25H26N2O6/c1-2-15-32-24(30)26-14-8-7-13-22(23(28)29)27-25(31)33-16-21-19-11-5-3-9-17(19)18-10-4-6-12-20(18)21/h1,3-6,9-12,21-22H,7-8,13-16H2,(H,26,30)(H,27,31)(H,28,29). The number of carboxylic acids is 1. The van der Waals surface area contributed by atoms with Crippen LogP contribution in [0.15, 0.2) is 48.5 Å². The molecule has 2 aromatic rings. The van der Waals surface area contributed by atoms with Gasteiger partial charge in [-0.25, -0.2) is 14.4 Å². The molecule has 33 heavy (non-hydrogen) atoms. The number of ether oxygens (including phenoxy) is 2. The minimum absolute atomic E-state index is 0.105. The minimum atomic E-state index is -1.15. The van der Waals surface area contributed by atoms with E-state index in [9.17, 15) is 19.5 Å². The highest BCUT2D eigenvalue weighted by Crippen LogP contribution is 2.44. The van der Waals surface area contributed by atoms with Crippen LogP contribution in [-0.2, 0) is 14.3 Å². The number of alkyl carbamates (subject to hydrolysis) is 2. The molecule has 0 saturated carbocycles. The van der Waals surface area contributed by atoms with E-state index in [-0.39, 0.29) is 25.6 Å². The Labute approximate surface area is 192 Å². The van der Waals surface area contributed by atoms with Crippen LogP contribution >= 0.6 is 0 Å². The Kier molecular flexibility index (Phi) is 8.30. The van der Waals surface area contributed by atoms with Crippen LogP contribution < -0.4 is 10.6 Å². The second kappa shape index (κ2) is 11.6. The van der Waals surface area contributed by atoms with Gasteiger partial charge in [-0.3, -0.25) is 0 Å². The normalized spacial score (nSPS) is 12.6. The Morgan fingerprint density at radius 1 is 0.970 bits per heavy atom. The fourth-order valence-electron chi connectivity index (χ4n) is 3.86. The Bertz CT molecular complexity index is 1000. The molecule has 0 aromatic heterocycles. The fraction of sp³-hybridized carbons (Fsp3) is 0.320. The van der Waals surface area contributed by atoms with Crippen LogP contribution in [0.25, 0.3) is 11.1 Å². The van der Waals surface area contributed by atoms with Gasteiger partial charge in [0, 0.05) is 12.5 Å². The number of nitrogens with one attached hydrogen (secondary N) is 2. The van der Waals surface area contributed by atoms with Crippen LogP contribution in [-0.4, -0.2) is 49.1 Å². The molecule has 0 heterocycles. The van der Waals surface area contributed by atoms with E-state index in [1.165, 1.54) is 0 Å². The van der Waals surface area contributed by atoms with Gasteiger partial charge in [-0.2, -0.15) is 0 Å². The van der Waals surface area contributed by atoms with Crippen molar-refractivity contribution in [1.29, 1.82) is 0 Å². The Balaban J connectivity index is 1.46. The van der Waals surface area contributed by atoms with E-state index < -0.39 is 24.2 Å². The second-order valence-electron chi connectivity index (χ2n) is 7.56. The van der Waals surface area contributed by atoms with E-state index in [1.807, 2.05) is 48.5 Å². The summed E-state index contributed by atoms with van der Waals surface area (Å²) in [5, 5.41) is 14.4. The van der Waals surface area contributed by atoms with Gasteiger partial charge >= 0.3 is 18.2 Å². The maximum atomic E-state index is 12.3. The zero-order valence-corrected chi connectivity index (χ0v) is 18.1. The molecule has 0 bridgehead atoms. The summed E-state index contributed by atoms with van der Waals surface area (Å²) < 4.78 is 10.1. The van der Waals surface area contributed by atoms with Gasteiger partial charge in [0.2, 0.25) is 0 Å². The first kappa shape index (κ1) is 23.7. The van der Waals surface area contributed by atoms with Gasteiger partial charge in [0.1, 0.15) is 12.6 Å². The van der Waals surface area contributed by atoms with E-state index in [0.29, 0.717) is 19.4 Å². The largest absolute Gasteiger partial charge is 0.480 e. The summed E-state index contributed by atoms with van der Waals surface area (Å²) in [4.78, 5) is 35.2. The molecule has 3 N–H and O–H groups in total. The first-order valence-electron chi connectivity index (χ1n) is 10.7. The van der Waals surface area contributed by atoms with Crippen molar-refractivity contribution in [3.63, 3.8) is 0 Å². The number of rotatable bonds is 10. The molecule has 0 radical (unpaired) electrons. The van der Waals surface area contributed by atoms with Crippen molar-refractivity contribution in [3.05, 3.63) is 59.7 Å². The zero-order valence-electron chi connectivity index (χ0n) is 18.1. The Morgan fingerprint density at radius 3 is 2.21 bits per heavy atom. The third-order valence-electron chi connectivity index (χ3n) is 5.41. The number of carboxylic acid groups (broad SMARTS) is 1. The van der Waals surface area contributed by atoms with Gasteiger partial charge in [0.25, 0.3) is 0 Å². The molecule has 3 rings (SSSR count). The van der Waals surface area contributed by atoms with Crippen molar-refractivity contribution in [3.8, 4) is 23.5 Å². The molecule has 8 nitrogen and oxygen atoms in total. The summed E-state index contributed by atoms with van der Waals surface area (Å²) in [6, 6.07) is 14.8. The van der Waals surface area contributed by atoms with Gasteiger partial charge in [0.15, 0.2) is 6.61 Å². The van der Waals surface area contributed by atoms with Crippen LogP contribution in [0.1, 0.15) is 36.3 Å². The number of benzene rings is 2. The molecular formula is C25H26N2O6. The van der Waals surface area contributed by atoms with Gasteiger partial charge < -0.3 is 25.2 Å². The summed E-state index contributed by atoms with van der Waals surface area (Å²) >= 11 is 0. The molecule has 0 spiro atoms. The van der Waals surface area contributed by atoms with Crippen LogP contribution in [0, 0.1) is 12.3 Å². The van der Waals surface area contributed by atoms with Crippen LogP contribution in [0.2, 0.25) is 0 Å². The molecule has 2 aromatic carbocycles. The average Bonchev–Trinajstić information content (AvgIpc) is 3.14. The lowest BCUT2D eigenvalue weighted by atomic mass is 9.98. The summed E-state index contributed by atoms with van der Waals surface area (Å²) in [6.45, 7) is 0.299. The lowest BCUT2D eigenvalue weighted by Crippen LogP contribution is -2.41. The molecule has 2 amide bonds. The lowest BCUT2D eigenvalue weighted by molar-refractivity contribution is -0.139. The third-order valence-corrected chi connectivity index (χ3v) is 5.41. The smallest absolute Gasteiger partial charge is 0.408 e. The predicted octanol–water partition coefficient (Wildman–Crippen LogP) is 3.51. The number of fused-ring (bicyclic) bond motifs is 3. The zero-order chi connectivity index (χ0) is 23.6. The second-order valence-corrected chi connectivity index (χ2v) is 7.56. The maximum absolute atomic E-state index is 12.3. The number of aliphatic carboxylic acids is 1. The first-order valence-corrected chi connectivity index (χ1v) is 10.7. The third kappa shape index (κ3) is 6.26. The maximum Gasteiger partial charge on any atom is 0.408 e. The predicted molar refractivity (Wildman–Crippen MR) is 122 cm³/mol. The van der Waals surface area contributed by atoms with Gasteiger partial charge in [-0.05, 0) is 41.5 Å². The highest BCUT2D eigenvalue weighted by Gasteiger charge is 2.29. The Morgan fingerprint density at radius 2 is 1.61 bits per heavy atom.